The van der Waals surface area contributed by atoms with Gasteiger partial charge in [-0.3, -0.25) is 4.90 Å². The Morgan fingerprint density at radius 2 is 2.05 bits per heavy atom. The van der Waals surface area contributed by atoms with Gasteiger partial charge in [0.2, 0.25) is 0 Å². The van der Waals surface area contributed by atoms with Crippen LogP contribution in [0.25, 0.3) is 0 Å². The minimum atomic E-state index is 0.468. The topological polar surface area (TPSA) is 24.5 Å². The predicted octanol–water partition coefficient (Wildman–Crippen LogP) is 3.29. The van der Waals surface area contributed by atoms with Gasteiger partial charge in [-0.05, 0) is 44.6 Å². The first-order chi connectivity index (χ1) is 9.45. The van der Waals surface area contributed by atoms with E-state index in [-0.39, 0.29) is 0 Å². The van der Waals surface area contributed by atoms with Crippen molar-refractivity contribution in [2.45, 2.75) is 78.4 Å². The molecule has 0 saturated heterocycles. The Morgan fingerprint density at radius 1 is 1.35 bits per heavy atom. The lowest BCUT2D eigenvalue weighted by molar-refractivity contribution is 0.0222. The molecule has 20 heavy (non-hydrogen) atoms. The molecule has 0 aromatic heterocycles. The summed E-state index contributed by atoms with van der Waals surface area (Å²) in [7, 11) is 1.81. The quantitative estimate of drug-likeness (QED) is 0.740. The van der Waals surface area contributed by atoms with Crippen LogP contribution in [0.2, 0.25) is 0 Å². The lowest BCUT2D eigenvalue weighted by Gasteiger charge is -2.48. The zero-order chi connectivity index (χ0) is 15.2. The summed E-state index contributed by atoms with van der Waals surface area (Å²) in [5, 5.41) is 3.73. The van der Waals surface area contributed by atoms with Gasteiger partial charge in [0.15, 0.2) is 0 Å². The van der Waals surface area contributed by atoms with Gasteiger partial charge in [0.05, 0.1) is 6.61 Å². The SMILES string of the molecule is CCNC1CCC(C)(C)CC1N(CCOC)C(C)CC. The van der Waals surface area contributed by atoms with Crippen molar-refractivity contribution in [3.05, 3.63) is 0 Å². The van der Waals surface area contributed by atoms with Crippen molar-refractivity contribution in [3.63, 3.8) is 0 Å². The van der Waals surface area contributed by atoms with E-state index in [1.165, 1.54) is 25.7 Å². The monoisotopic (exact) mass is 284 g/mol. The number of likely N-dealkylation sites (N-methyl/N-ethyl adjacent to an activating group) is 1. The molecule has 3 unspecified atom stereocenters. The zero-order valence-corrected chi connectivity index (χ0v) is 14.5. The van der Waals surface area contributed by atoms with Gasteiger partial charge >= 0.3 is 0 Å². The maximum atomic E-state index is 5.34. The van der Waals surface area contributed by atoms with Crippen LogP contribution in [-0.4, -0.2) is 49.8 Å². The highest BCUT2D eigenvalue weighted by Gasteiger charge is 2.38. The molecular formula is C17H36N2O. The second-order valence-electron chi connectivity index (χ2n) is 7.13. The van der Waals surface area contributed by atoms with E-state index < -0.39 is 0 Å². The average molecular weight is 284 g/mol. The molecule has 3 nitrogen and oxygen atoms in total. The van der Waals surface area contributed by atoms with E-state index in [0.717, 1.165) is 19.7 Å². The van der Waals surface area contributed by atoms with Crippen LogP contribution in [0.3, 0.4) is 0 Å². The summed E-state index contributed by atoms with van der Waals surface area (Å²) in [6.07, 6.45) is 5.13. The lowest BCUT2D eigenvalue weighted by Crippen LogP contribution is -2.57. The third kappa shape index (κ3) is 5.01. The maximum absolute atomic E-state index is 5.34. The molecule has 1 saturated carbocycles. The van der Waals surface area contributed by atoms with Gasteiger partial charge in [0, 0.05) is 31.8 Å². The molecule has 0 amide bonds. The molecule has 0 aromatic rings. The fourth-order valence-electron chi connectivity index (χ4n) is 3.54. The Balaban J connectivity index is 2.84. The third-order valence-corrected chi connectivity index (χ3v) is 4.96. The van der Waals surface area contributed by atoms with Crippen LogP contribution in [0, 0.1) is 5.41 Å². The number of nitrogens with one attached hydrogen (secondary N) is 1. The van der Waals surface area contributed by atoms with Gasteiger partial charge < -0.3 is 10.1 Å². The minimum absolute atomic E-state index is 0.468. The van der Waals surface area contributed by atoms with Crippen molar-refractivity contribution < 1.29 is 4.74 Å². The molecule has 1 fully saturated rings. The fourth-order valence-corrected chi connectivity index (χ4v) is 3.54. The molecular weight excluding hydrogens is 248 g/mol. The average Bonchev–Trinajstić information content (AvgIpc) is 2.41. The Kier molecular flexibility index (Phi) is 7.49. The number of rotatable bonds is 8. The molecule has 0 radical (unpaired) electrons. The van der Waals surface area contributed by atoms with Gasteiger partial charge in [-0.2, -0.15) is 0 Å². The smallest absolute Gasteiger partial charge is 0.0589 e. The van der Waals surface area contributed by atoms with Crippen molar-refractivity contribution >= 4 is 0 Å². The third-order valence-electron chi connectivity index (χ3n) is 4.96. The molecule has 120 valence electrons. The van der Waals surface area contributed by atoms with Gasteiger partial charge in [-0.1, -0.05) is 27.7 Å². The normalized spacial score (nSPS) is 27.8. The molecule has 3 atom stereocenters. The lowest BCUT2D eigenvalue weighted by atomic mass is 9.72. The highest BCUT2D eigenvalue weighted by Crippen LogP contribution is 2.38. The number of ether oxygens (including phenoxy) is 1. The number of hydrogen-bond donors (Lipinski definition) is 1. The van der Waals surface area contributed by atoms with Crippen LogP contribution in [0.4, 0.5) is 0 Å². The number of nitrogens with zero attached hydrogens (tertiary/aromatic N) is 1. The first kappa shape index (κ1) is 17.9. The van der Waals surface area contributed by atoms with Crippen molar-refractivity contribution in [2.24, 2.45) is 5.41 Å². The largest absolute Gasteiger partial charge is 0.383 e. The molecule has 1 rings (SSSR count). The standard InChI is InChI=1S/C17H36N2O/c1-7-14(3)19(11-12-20-6)16-13-17(4,5)10-9-15(16)18-8-2/h14-16,18H,7-13H2,1-6H3. The van der Waals surface area contributed by atoms with E-state index >= 15 is 0 Å². The molecule has 3 heteroatoms. The second kappa shape index (κ2) is 8.35. The molecule has 0 aromatic carbocycles. The van der Waals surface area contributed by atoms with Gasteiger partial charge in [-0.25, -0.2) is 0 Å². The van der Waals surface area contributed by atoms with E-state index in [0.29, 0.717) is 23.5 Å². The van der Waals surface area contributed by atoms with Crippen LogP contribution in [0.15, 0.2) is 0 Å². The molecule has 1 N–H and O–H groups in total. The molecule has 0 aliphatic heterocycles. The summed E-state index contributed by atoms with van der Waals surface area (Å²) in [5.41, 5.74) is 0.468. The van der Waals surface area contributed by atoms with E-state index in [2.05, 4.69) is 44.8 Å². The molecule has 1 aliphatic rings. The van der Waals surface area contributed by atoms with Crippen LogP contribution in [0.5, 0.6) is 0 Å². The second-order valence-corrected chi connectivity index (χ2v) is 7.13. The van der Waals surface area contributed by atoms with Crippen LogP contribution >= 0.6 is 0 Å². The van der Waals surface area contributed by atoms with Crippen molar-refractivity contribution in [1.82, 2.24) is 10.2 Å². The summed E-state index contributed by atoms with van der Waals surface area (Å²) in [5.74, 6) is 0. The van der Waals surface area contributed by atoms with E-state index in [4.69, 9.17) is 4.74 Å². The highest BCUT2D eigenvalue weighted by atomic mass is 16.5. The molecule has 0 heterocycles. The van der Waals surface area contributed by atoms with Crippen molar-refractivity contribution in [2.75, 3.05) is 26.8 Å². The van der Waals surface area contributed by atoms with Gasteiger partial charge in [0.1, 0.15) is 0 Å². The van der Waals surface area contributed by atoms with Crippen LogP contribution < -0.4 is 5.32 Å². The summed E-state index contributed by atoms with van der Waals surface area (Å²) < 4.78 is 5.34. The van der Waals surface area contributed by atoms with Crippen LogP contribution in [0.1, 0.15) is 60.3 Å². The van der Waals surface area contributed by atoms with E-state index in [1.807, 2.05) is 0 Å². The Labute approximate surface area is 126 Å². The van der Waals surface area contributed by atoms with Crippen LogP contribution in [-0.2, 0) is 4.74 Å². The summed E-state index contributed by atoms with van der Waals surface area (Å²) in [6.45, 7) is 14.7. The summed E-state index contributed by atoms with van der Waals surface area (Å²) in [6, 6.07) is 1.91. The van der Waals surface area contributed by atoms with Gasteiger partial charge in [-0.15, -0.1) is 0 Å². The summed E-state index contributed by atoms with van der Waals surface area (Å²) in [4.78, 5) is 2.69. The van der Waals surface area contributed by atoms with Crippen molar-refractivity contribution in [3.8, 4) is 0 Å². The fraction of sp³-hybridized carbons (Fsp3) is 1.00. The molecule has 0 bridgehead atoms. The Bertz CT molecular complexity index is 268. The van der Waals surface area contributed by atoms with E-state index in [1.54, 1.807) is 7.11 Å². The number of hydrogen-bond acceptors (Lipinski definition) is 3. The predicted molar refractivity (Wildman–Crippen MR) is 87.2 cm³/mol. The molecule has 0 spiro atoms. The van der Waals surface area contributed by atoms with Gasteiger partial charge in [0.25, 0.3) is 0 Å². The summed E-state index contributed by atoms with van der Waals surface area (Å²) >= 11 is 0. The maximum Gasteiger partial charge on any atom is 0.0589 e. The Morgan fingerprint density at radius 3 is 2.60 bits per heavy atom. The highest BCUT2D eigenvalue weighted by molar-refractivity contribution is 4.95. The Hall–Kier alpha value is -0.120. The first-order valence-electron chi connectivity index (χ1n) is 8.43. The van der Waals surface area contributed by atoms with E-state index in [9.17, 15) is 0 Å². The molecule has 1 aliphatic carbocycles. The minimum Gasteiger partial charge on any atom is -0.383 e. The zero-order valence-electron chi connectivity index (χ0n) is 14.5. The number of methoxy groups -OCH3 is 1. The first-order valence-corrected chi connectivity index (χ1v) is 8.43. The van der Waals surface area contributed by atoms with Crippen molar-refractivity contribution in [1.29, 1.82) is 0 Å².